The summed E-state index contributed by atoms with van der Waals surface area (Å²) in [6.45, 7) is 1.64. The van der Waals surface area contributed by atoms with Gasteiger partial charge >= 0.3 is 5.97 Å². The van der Waals surface area contributed by atoms with E-state index in [2.05, 4.69) is 0 Å². The summed E-state index contributed by atoms with van der Waals surface area (Å²) < 4.78 is 0. The fourth-order valence-corrected chi connectivity index (χ4v) is 1.98. The maximum atomic E-state index is 11.0. The van der Waals surface area contributed by atoms with Crippen molar-refractivity contribution in [1.29, 1.82) is 5.26 Å². The maximum Gasteiger partial charge on any atom is 0.346 e. The molecule has 0 atom stereocenters. The minimum Gasteiger partial charge on any atom is -0.477 e. The molecule has 3 heteroatoms. The van der Waals surface area contributed by atoms with Crippen LogP contribution >= 0.6 is 0 Å². The summed E-state index contributed by atoms with van der Waals surface area (Å²) in [6.07, 6.45) is 0. The van der Waals surface area contributed by atoms with Crippen LogP contribution in [0, 0.1) is 11.3 Å². The lowest BCUT2D eigenvalue weighted by Crippen LogP contribution is -2.00. The number of carboxylic acids is 1. The monoisotopic (exact) mass is 263 g/mol. The Balaban J connectivity index is 2.39. The first-order valence-corrected chi connectivity index (χ1v) is 6.13. The minimum absolute atomic E-state index is 0.225. The summed E-state index contributed by atoms with van der Waals surface area (Å²) in [7, 11) is 0. The molecule has 0 unspecified atom stereocenters. The summed E-state index contributed by atoms with van der Waals surface area (Å²) in [5, 5.41) is 17.8. The zero-order chi connectivity index (χ0) is 14.5. The Bertz CT molecular complexity index is 692. The molecule has 0 saturated heterocycles. The largest absolute Gasteiger partial charge is 0.477 e. The second kappa shape index (κ2) is 5.85. The van der Waals surface area contributed by atoms with Crippen LogP contribution in [0.15, 0.2) is 60.2 Å². The average Bonchev–Trinajstić information content (AvgIpc) is 2.48. The third-order valence-corrected chi connectivity index (χ3v) is 3.13. The zero-order valence-corrected chi connectivity index (χ0v) is 11.0. The Labute approximate surface area is 117 Å². The van der Waals surface area contributed by atoms with Gasteiger partial charge in [-0.15, -0.1) is 0 Å². The van der Waals surface area contributed by atoms with Crippen molar-refractivity contribution in [3.05, 3.63) is 65.7 Å². The molecule has 0 bridgehead atoms. The minimum atomic E-state index is -1.20. The van der Waals surface area contributed by atoms with E-state index >= 15 is 0 Å². The highest BCUT2D eigenvalue weighted by Gasteiger charge is 2.11. The lowest BCUT2D eigenvalue weighted by atomic mass is 9.98. The highest BCUT2D eigenvalue weighted by Crippen LogP contribution is 2.23. The van der Waals surface area contributed by atoms with Gasteiger partial charge in [0, 0.05) is 0 Å². The summed E-state index contributed by atoms with van der Waals surface area (Å²) in [6, 6.07) is 19.1. The second-order valence-electron chi connectivity index (χ2n) is 4.36. The molecule has 0 aliphatic rings. The highest BCUT2D eigenvalue weighted by atomic mass is 16.4. The SMILES string of the molecule is CC(=C(C#N)C(=O)O)c1ccc(-c2ccccc2)cc1. The van der Waals surface area contributed by atoms with E-state index in [1.54, 1.807) is 13.0 Å². The molecule has 0 heterocycles. The summed E-state index contributed by atoms with van der Waals surface area (Å²) in [5.74, 6) is -1.20. The zero-order valence-electron chi connectivity index (χ0n) is 11.0. The molecule has 0 fully saturated rings. The predicted octanol–water partition coefficient (Wildman–Crippen LogP) is 3.74. The van der Waals surface area contributed by atoms with E-state index in [1.165, 1.54) is 0 Å². The molecule has 1 N–H and O–H groups in total. The first-order chi connectivity index (χ1) is 9.63. The van der Waals surface area contributed by atoms with Gasteiger partial charge in [-0.3, -0.25) is 0 Å². The molecular weight excluding hydrogens is 250 g/mol. The molecule has 2 aromatic carbocycles. The number of rotatable bonds is 3. The van der Waals surface area contributed by atoms with Gasteiger partial charge in [0.2, 0.25) is 0 Å². The van der Waals surface area contributed by atoms with Crippen molar-refractivity contribution in [3.63, 3.8) is 0 Å². The smallest absolute Gasteiger partial charge is 0.346 e. The number of benzene rings is 2. The average molecular weight is 263 g/mol. The van der Waals surface area contributed by atoms with Crippen molar-refractivity contribution >= 4 is 11.5 Å². The van der Waals surface area contributed by atoms with Crippen molar-refractivity contribution in [2.45, 2.75) is 6.92 Å². The van der Waals surface area contributed by atoms with Crippen LogP contribution in [0.1, 0.15) is 12.5 Å². The van der Waals surface area contributed by atoms with Crippen LogP contribution in [0.4, 0.5) is 0 Å². The van der Waals surface area contributed by atoms with E-state index in [0.29, 0.717) is 5.57 Å². The lowest BCUT2D eigenvalue weighted by molar-refractivity contribution is -0.132. The van der Waals surface area contributed by atoms with E-state index in [1.807, 2.05) is 54.6 Å². The third kappa shape index (κ3) is 2.76. The van der Waals surface area contributed by atoms with Crippen molar-refractivity contribution in [2.24, 2.45) is 0 Å². The fourth-order valence-electron chi connectivity index (χ4n) is 1.98. The number of nitriles is 1. The predicted molar refractivity (Wildman–Crippen MR) is 77.7 cm³/mol. The van der Waals surface area contributed by atoms with Crippen LogP contribution in [0.25, 0.3) is 16.7 Å². The Morgan fingerprint density at radius 1 is 1.00 bits per heavy atom. The van der Waals surface area contributed by atoms with Crippen molar-refractivity contribution in [2.75, 3.05) is 0 Å². The summed E-state index contributed by atoms with van der Waals surface area (Å²) in [5.41, 5.74) is 3.14. The molecule has 3 nitrogen and oxygen atoms in total. The van der Waals surface area contributed by atoms with Crippen LogP contribution in [0.3, 0.4) is 0 Å². The standard InChI is InChI=1S/C17H13NO2/c1-12(16(11-18)17(19)20)13-7-9-15(10-8-13)14-5-3-2-4-6-14/h2-10H,1H3,(H,19,20). The number of nitrogens with zero attached hydrogens (tertiary/aromatic N) is 1. The second-order valence-corrected chi connectivity index (χ2v) is 4.36. The molecule has 0 amide bonds. The van der Waals surface area contributed by atoms with E-state index < -0.39 is 5.97 Å². The highest BCUT2D eigenvalue weighted by molar-refractivity contribution is 6.00. The molecule has 0 aromatic heterocycles. The van der Waals surface area contributed by atoms with Gasteiger partial charge in [-0.05, 0) is 29.2 Å². The van der Waals surface area contributed by atoms with Gasteiger partial charge in [0.1, 0.15) is 11.6 Å². The van der Waals surface area contributed by atoms with Gasteiger partial charge in [-0.2, -0.15) is 5.26 Å². The first kappa shape index (κ1) is 13.6. The topological polar surface area (TPSA) is 61.1 Å². The van der Waals surface area contributed by atoms with E-state index in [4.69, 9.17) is 10.4 Å². The van der Waals surface area contributed by atoms with Crippen molar-refractivity contribution < 1.29 is 9.90 Å². The molecule has 20 heavy (non-hydrogen) atoms. The molecule has 98 valence electrons. The van der Waals surface area contributed by atoms with Gasteiger partial charge in [-0.25, -0.2) is 4.79 Å². The Morgan fingerprint density at radius 3 is 2.05 bits per heavy atom. The molecule has 0 radical (unpaired) electrons. The normalized spacial score (nSPS) is 11.4. The lowest BCUT2D eigenvalue weighted by Gasteiger charge is -2.06. The Hall–Kier alpha value is -2.86. The number of hydrogen-bond donors (Lipinski definition) is 1. The molecule has 0 aliphatic carbocycles. The number of carbonyl (C=O) groups is 1. The first-order valence-electron chi connectivity index (χ1n) is 6.13. The van der Waals surface area contributed by atoms with Gasteiger partial charge in [-0.1, -0.05) is 54.6 Å². The van der Waals surface area contributed by atoms with Gasteiger partial charge in [0.15, 0.2) is 0 Å². The van der Waals surface area contributed by atoms with Crippen LogP contribution in [-0.4, -0.2) is 11.1 Å². The van der Waals surface area contributed by atoms with E-state index in [0.717, 1.165) is 16.7 Å². The van der Waals surface area contributed by atoms with Gasteiger partial charge in [0.05, 0.1) is 0 Å². The van der Waals surface area contributed by atoms with Crippen LogP contribution in [-0.2, 0) is 4.79 Å². The molecule has 2 aromatic rings. The molecule has 2 rings (SSSR count). The Morgan fingerprint density at radius 2 is 1.55 bits per heavy atom. The van der Waals surface area contributed by atoms with Gasteiger partial charge in [0.25, 0.3) is 0 Å². The number of hydrogen-bond acceptors (Lipinski definition) is 2. The fraction of sp³-hybridized carbons (Fsp3) is 0.0588. The van der Waals surface area contributed by atoms with Gasteiger partial charge < -0.3 is 5.11 Å². The quantitative estimate of drug-likeness (QED) is 0.678. The molecule has 0 saturated carbocycles. The third-order valence-electron chi connectivity index (χ3n) is 3.13. The number of aliphatic carboxylic acids is 1. The van der Waals surface area contributed by atoms with E-state index in [-0.39, 0.29) is 5.57 Å². The number of carboxylic acid groups (broad SMARTS) is 1. The van der Waals surface area contributed by atoms with Crippen molar-refractivity contribution in [1.82, 2.24) is 0 Å². The van der Waals surface area contributed by atoms with E-state index in [9.17, 15) is 4.79 Å². The van der Waals surface area contributed by atoms with Crippen LogP contribution in [0.5, 0.6) is 0 Å². The van der Waals surface area contributed by atoms with Crippen molar-refractivity contribution in [3.8, 4) is 17.2 Å². The molecule has 0 aliphatic heterocycles. The summed E-state index contributed by atoms with van der Waals surface area (Å²) >= 11 is 0. The molecular formula is C17H13NO2. The summed E-state index contributed by atoms with van der Waals surface area (Å²) in [4.78, 5) is 11.0. The maximum absolute atomic E-state index is 11.0. The molecule has 0 spiro atoms. The van der Waals surface area contributed by atoms with Crippen LogP contribution in [0.2, 0.25) is 0 Å². The Kier molecular flexibility index (Phi) is 3.97. The number of allylic oxidation sites excluding steroid dienone is 1. The van der Waals surface area contributed by atoms with Crippen LogP contribution < -0.4 is 0 Å².